The molecule has 4 nitrogen and oxygen atoms in total. The summed E-state index contributed by atoms with van der Waals surface area (Å²) in [6.07, 6.45) is 2.69. The SMILES string of the molecule is O=C(Nc1c(F)cccc1F)c1ccncc1C#CCO. The van der Waals surface area contributed by atoms with Crippen LogP contribution in [0.15, 0.2) is 36.7 Å². The number of hydrogen-bond donors (Lipinski definition) is 2. The molecule has 0 radical (unpaired) electrons. The Morgan fingerprint density at radius 3 is 2.67 bits per heavy atom. The van der Waals surface area contributed by atoms with Crippen LogP contribution in [-0.2, 0) is 0 Å². The van der Waals surface area contributed by atoms with Gasteiger partial charge in [-0.25, -0.2) is 8.78 Å². The van der Waals surface area contributed by atoms with Gasteiger partial charge in [0, 0.05) is 12.4 Å². The van der Waals surface area contributed by atoms with E-state index < -0.39 is 23.2 Å². The van der Waals surface area contributed by atoms with E-state index in [2.05, 4.69) is 22.1 Å². The average Bonchev–Trinajstić information content (AvgIpc) is 2.49. The first-order chi connectivity index (χ1) is 10.1. The number of halogens is 2. The monoisotopic (exact) mass is 288 g/mol. The Labute approximate surface area is 119 Å². The van der Waals surface area contributed by atoms with E-state index >= 15 is 0 Å². The van der Waals surface area contributed by atoms with Crippen LogP contribution in [0.25, 0.3) is 0 Å². The molecule has 21 heavy (non-hydrogen) atoms. The number of rotatable bonds is 2. The first-order valence-electron chi connectivity index (χ1n) is 5.92. The zero-order valence-corrected chi connectivity index (χ0v) is 10.7. The average molecular weight is 288 g/mol. The molecule has 1 aromatic heterocycles. The van der Waals surface area contributed by atoms with Crippen LogP contribution in [0.1, 0.15) is 15.9 Å². The van der Waals surface area contributed by atoms with Gasteiger partial charge in [-0.15, -0.1) is 0 Å². The number of aliphatic hydroxyl groups is 1. The van der Waals surface area contributed by atoms with Gasteiger partial charge in [0.1, 0.15) is 23.9 Å². The molecule has 0 aliphatic heterocycles. The fourth-order valence-electron chi connectivity index (χ4n) is 1.62. The summed E-state index contributed by atoms with van der Waals surface area (Å²) in [6.45, 7) is -0.377. The Morgan fingerprint density at radius 2 is 2.00 bits per heavy atom. The van der Waals surface area contributed by atoms with Gasteiger partial charge in [0.25, 0.3) is 5.91 Å². The highest BCUT2D eigenvalue weighted by molar-refractivity contribution is 6.06. The van der Waals surface area contributed by atoms with E-state index in [1.54, 1.807) is 0 Å². The molecule has 2 aromatic rings. The molecular weight excluding hydrogens is 278 g/mol. The minimum atomic E-state index is -0.875. The van der Waals surface area contributed by atoms with Gasteiger partial charge in [-0.3, -0.25) is 9.78 Å². The van der Waals surface area contributed by atoms with Crippen molar-refractivity contribution in [1.29, 1.82) is 0 Å². The van der Waals surface area contributed by atoms with Gasteiger partial charge in [-0.05, 0) is 18.2 Å². The lowest BCUT2D eigenvalue weighted by molar-refractivity contribution is 0.102. The van der Waals surface area contributed by atoms with E-state index in [4.69, 9.17) is 5.11 Å². The smallest absolute Gasteiger partial charge is 0.257 e. The van der Waals surface area contributed by atoms with E-state index in [0.29, 0.717) is 0 Å². The zero-order chi connectivity index (χ0) is 15.2. The fourth-order valence-corrected chi connectivity index (χ4v) is 1.62. The van der Waals surface area contributed by atoms with Gasteiger partial charge < -0.3 is 10.4 Å². The molecule has 0 bridgehead atoms. The van der Waals surface area contributed by atoms with Crippen molar-refractivity contribution in [3.05, 3.63) is 59.4 Å². The number of para-hydroxylation sites is 1. The van der Waals surface area contributed by atoms with E-state index in [1.807, 2.05) is 0 Å². The molecule has 0 fully saturated rings. The molecule has 6 heteroatoms. The van der Waals surface area contributed by atoms with Crippen molar-refractivity contribution in [1.82, 2.24) is 4.98 Å². The molecule has 2 N–H and O–H groups in total. The van der Waals surface area contributed by atoms with Gasteiger partial charge in [0.15, 0.2) is 0 Å². The lowest BCUT2D eigenvalue weighted by Gasteiger charge is -2.08. The van der Waals surface area contributed by atoms with Crippen LogP contribution in [0, 0.1) is 23.5 Å². The molecular formula is C15H10F2N2O2. The number of nitrogens with zero attached hydrogens (tertiary/aromatic N) is 1. The Bertz CT molecular complexity index is 716. The third-order valence-electron chi connectivity index (χ3n) is 2.57. The molecule has 106 valence electrons. The molecule has 0 spiro atoms. The third kappa shape index (κ3) is 3.41. The molecule has 2 rings (SSSR count). The molecule has 0 aliphatic carbocycles. The standard InChI is InChI=1S/C15H10F2N2O2/c16-12-4-1-5-13(17)14(12)19-15(21)11-6-7-18-9-10(11)3-2-8-20/h1,4-7,9,20H,8H2,(H,19,21). The lowest BCUT2D eigenvalue weighted by Crippen LogP contribution is -2.16. The summed E-state index contributed by atoms with van der Waals surface area (Å²) in [5, 5.41) is 10.8. The Hall–Kier alpha value is -2.78. The van der Waals surface area contributed by atoms with Gasteiger partial charge >= 0.3 is 0 Å². The number of anilines is 1. The number of pyridine rings is 1. The number of amides is 1. The van der Waals surface area contributed by atoms with Crippen molar-refractivity contribution < 1.29 is 18.7 Å². The maximum Gasteiger partial charge on any atom is 0.257 e. The van der Waals surface area contributed by atoms with Crippen LogP contribution in [0.3, 0.4) is 0 Å². The normalized spacial score (nSPS) is 9.67. The number of benzene rings is 1. The van der Waals surface area contributed by atoms with Crippen molar-refractivity contribution >= 4 is 11.6 Å². The number of carbonyl (C=O) groups excluding carboxylic acids is 1. The predicted octanol–water partition coefficient (Wildman–Crippen LogP) is 1.96. The van der Waals surface area contributed by atoms with Gasteiger partial charge in [0.2, 0.25) is 0 Å². The number of aliphatic hydroxyl groups excluding tert-OH is 1. The van der Waals surface area contributed by atoms with Crippen LogP contribution < -0.4 is 5.32 Å². The van der Waals surface area contributed by atoms with E-state index in [9.17, 15) is 13.6 Å². The van der Waals surface area contributed by atoms with Crippen molar-refractivity contribution in [2.45, 2.75) is 0 Å². The van der Waals surface area contributed by atoms with Gasteiger partial charge in [-0.1, -0.05) is 17.9 Å². The number of nitrogens with one attached hydrogen (secondary N) is 1. The quantitative estimate of drug-likeness (QED) is 0.830. The second-order valence-corrected chi connectivity index (χ2v) is 3.93. The van der Waals surface area contributed by atoms with Crippen LogP contribution in [0.4, 0.5) is 14.5 Å². The van der Waals surface area contributed by atoms with Crippen LogP contribution >= 0.6 is 0 Å². The van der Waals surface area contributed by atoms with Gasteiger partial charge in [0.05, 0.1) is 11.1 Å². The summed E-state index contributed by atoms with van der Waals surface area (Å²) < 4.78 is 27.0. The fraction of sp³-hybridized carbons (Fsp3) is 0.0667. The minimum absolute atomic E-state index is 0.105. The summed E-state index contributed by atoms with van der Waals surface area (Å²) in [6, 6.07) is 4.65. The second kappa shape index (κ2) is 6.59. The molecule has 1 amide bonds. The first kappa shape index (κ1) is 14.6. The molecule has 0 aliphatic rings. The third-order valence-corrected chi connectivity index (χ3v) is 2.57. The first-order valence-corrected chi connectivity index (χ1v) is 5.92. The highest BCUT2D eigenvalue weighted by atomic mass is 19.1. The molecule has 1 aromatic carbocycles. The van der Waals surface area contributed by atoms with Crippen molar-refractivity contribution in [3.8, 4) is 11.8 Å². The van der Waals surface area contributed by atoms with E-state index in [-0.39, 0.29) is 17.7 Å². The zero-order valence-electron chi connectivity index (χ0n) is 10.7. The van der Waals surface area contributed by atoms with E-state index in [1.165, 1.54) is 24.5 Å². The maximum absolute atomic E-state index is 13.5. The van der Waals surface area contributed by atoms with Crippen molar-refractivity contribution in [2.24, 2.45) is 0 Å². The van der Waals surface area contributed by atoms with Crippen molar-refractivity contribution in [3.63, 3.8) is 0 Å². The maximum atomic E-state index is 13.5. The van der Waals surface area contributed by atoms with Crippen LogP contribution in [0.2, 0.25) is 0 Å². The molecule has 0 saturated heterocycles. The second-order valence-electron chi connectivity index (χ2n) is 3.93. The largest absolute Gasteiger partial charge is 0.384 e. The van der Waals surface area contributed by atoms with Crippen LogP contribution in [-0.4, -0.2) is 22.6 Å². The summed E-state index contributed by atoms with van der Waals surface area (Å²) in [5.74, 6) is 2.46. The number of hydrogen-bond acceptors (Lipinski definition) is 3. The number of aromatic nitrogens is 1. The number of carbonyl (C=O) groups is 1. The highest BCUT2D eigenvalue weighted by Crippen LogP contribution is 2.19. The highest BCUT2D eigenvalue weighted by Gasteiger charge is 2.15. The van der Waals surface area contributed by atoms with Gasteiger partial charge in [-0.2, -0.15) is 0 Å². The Morgan fingerprint density at radius 1 is 1.29 bits per heavy atom. The van der Waals surface area contributed by atoms with Crippen LogP contribution in [0.5, 0.6) is 0 Å². The predicted molar refractivity (Wildman–Crippen MR) is 72.5 cm³/mol. The summed E-state index contributed by atoms with van der Waals surface area (Å²) in [4.78, 5) is 15.9. The topological polar surface area (TPSA) is 62.2 Å². The minimum Gasteiger partial charge on any atom is -0.384 e. The van der Waals surface area contributed by atoms with E-state index in [0.717, 1.165) is 12.1 Å². The Kier molecular flexibility index (Phi) is 4.59. The molecule has 0 unspecified atom stereocenters. The summed E-state index contributed by atoms with van der Waals surface area (Å²) >= 11 is 0. The van der Waals surface area contributed by atoms with Crippen molar-refractivity contribution in [2.75, 3.05) is 11.9 Å². The molecule has 0 saturated carbocycles. The molecule has 0 atom stereocenters. The Balaban J connectivity index is 2.33. The molecule has 1 heterocycles. The summed E-state index contributed by atoms with van der Waals surface area (Å²) in [5.41, 5.74) is -0.171. The lowest BCUT2D eigenvalue weighted by atomic mass is 10.1. The summed E-state index contributed by atoms with van der Waals surface area (Å²) in [7, 11) is 0.